The maximum Gasteiger partial charge on any atom is 0.201 e. The molecule has 1 aliphatic rings. The van der Waals surface area contributed by atoms with Gasteiger partial charge in [0.1, 0.15) is 0 Å². The van der Waals surface area contributed by atoms with Crippen molar-refractivity contribution >= 4 is 32.9 Å². The molecule has 19 heavy (non-hydrogen) atoms. The van der Waals surface area contributed by atoms with Crippen LogP contribution in [0.15, 0.2) is 22.7 Å². The maximum atomic E-state index is 6.17. The minimum atomic E-state index is 0.482. The standard InChI is InChI=1S/C15H20BrN3/c1-9-3-6-13(10(2)7-9)19-14-8-11(16)4-5-12(14)18-15(19)17/h4-5,8-10,13H,3,6-7H2,1-2H3,(H2,17,18). The molecule has 1 aliphatic carbocycles. The van der Waals surface area contributed by atoms with Crippen molar-refractivity contribution in [2.45, 2.75) is 39.2 Å². The van der Waals surface area contributed by atoms with Crippen LogP contribution in [0, 0.1) is 11.8 Å². The number of nitrogen functional groups attached to an aromatic ring is 1. The van der Waals surface area contributed by atoms with Crippen LogP contribution in [0.2, 0.25) is 0 Å². The van der Waals surface area contributed by atoms with Crippen molar-refractivity contribution in [3.05, 3.63) is 22.7 Å². The van der Waals surface area contributed by atoms with E-state index in [-0.39, 0.29) is 0 Å². The number of hydrogen-bond acceptors (Lipinski definition) is 2. The van der Waals surface area contributed by atoms with Crippen LogP contribution in [0.25, 0.3) is 11.0 Å². The van der Waals surface area contributed by atoms with E-state index < -0.39 is 0 Å². The number of benzene rings is 1. The number of halogens is 1. The Morgan fingerprint density at radius 1 is 1.32 bits per heavy atom. The fraction of sp³-hybridized carbons (Fsp3) is 0.533. The lowest BCUT2D eigenvalue weighted by molar-refractivity contribution is 0.213. The molecule has 0 saturated heterocycles. The first-order valence-corrected chi connectivity index (χ1v) is 7.78. The highest BCUT2D eigenvalue weighted by Gasteiger charge is 2.29. The third kappa shape index (κ3) is 2.27. The summed E-state index contributed by atoms with van der Waals surface area (Å²) in [5.41, 5.74) is 8.31. The molecule has 1 aromatic heterocycles. The van der Waals surface area contributed by atoms with Crippen molar-refractivity contribution in [1.82, 2.24) is 9.55 Å². The summed E-state index contributed by atoms with van der Waals surface area (Å²) in [6.45, 7) is 4.68. The predicted octanol–water partition coefficient (Wildman–Crippen LogP) is 4.38. The molecule has 3 unspecified atom stereocenters. The summed E-state index contributed by atoms with van der Waals surface area (Å²) in [5.74, 6) is 2.14. The Labute approximate surface area is 122 Å². The Bertz CT molecular complexity index is 605. The van der Waals surface area contributed by atoms with Gasteiger partial charge in [-0.05, 0) is 49.3 Å². The third-order valence-corrected chi connectivity index (χ3v) is 4.89. The van der Waals surface area contributed by atoms with E-state index in [0.717, 1.165) is 21.4 Å². The van der Waals surface area contributed by atoms with E-state index in [1.54, 1.807) is 0 Å². The van der Waals surface area contributed by atoms with Gasteiger partial charge in [0.25, 0.3) is 0 Å². The molecule has 0 spiro atoms. The van der Waals surface area contributed by atoms with Crippen LogP contribution in [0.5, 0.6) is 0 Å². The molecule has 0 amide bonds. The first kappa shape index (κ1) is 13.0. The Morgan fingerprint density at radius 3 is 2.84 bits per heavy atom. The second-order valence-electron chi connectivity index (χ2n) is 5.94. The Balaban J connectivity index is 2.09. The molecule has 102 valence electrons. The van der Waals surface area contributed by atoms with Crippen molar-refractivity contribution in [1.29, 1.82) is 0 Å². The van der Waals surface area contributed by atoms with E-state index in [9.17, 15) is 0 Å². The number of nitrogens with two attached hydrogens (primary N) is 1. The summed E-state index contributed by atoms with van der Waals surface area (Å²) in [6.07, 6.45) is 3.75. The second kappa shape index (κ2) is 4.82. The topological polar surface area (TPSA) is 43.8 Å². The predicted molar refractivity (Wildman–Crippen MR) is 83.1 cm³/mol. The van der Waals surface area contributed by atoms with Gasteiger partial charge in [0.2, 0.25) is 5.95 Å². The van der Waals surface area contributed by atoms with Crippen molar-refractivity contribution in [3.63, 3.8) is 0 Å². The zero-order chi connectivity index (χ0) is 13.6. The molecule has 0 bridgehead atoms. The number of aromatic nitrogens is 2. The normalized spacial score (nSPS) is 27.8. The molecule has 4 heteroatoms. The average Bonchev–Trinajstić information content (AvgIpc) is 2.65. The fourth-order valence-electron chi connectivity index (χ4n) is 3.47. The molecular formula is C15H20BrN3. The van der Waals surface area contributed by atoms with Gasteiger partial charge in [-0.1, -0.05) is 29.8 Å². The molecular weight excluding hydrogens is 302 g/mol. The Hall–Kier alpha value is -1.03. The molecule has 1 heterocycles. The first-order chi connectivity index (χ1) is 9.06. The summed E-state index contributed by atoms with van der Waals surface area (Å²) in [7, 11) is 0. The number of rotatable bonds is 1. The monoisotopic (exact) mass is 321 g/mol. The Morgan fingerprint density at radius 2 is 2.11 bits per heavy atom. The largest absolute Gasteiger partial charge is 0.369 e. The number of fused-ring (bicyclic) bond motifs is 1. The smallest absolute Gasteiger partial charge is 0.201 e. The molecule has 3 nitrogen and oxygen atoms in total. The minimum Gasteiger partial charge on any atom is -0.369 e. The van der Waals surface area contributed by atoms with Crippen molar-refractivity contribution in [2.24, 2.45) is 11.8 Å². The fourth-order valence-corrected chi connectivity index (χ4v) is 3.82. The molecule has 3 atom stereocenters. The van der Waals surface area contributed by atoms with E-state index in [4.69, 9.17) is 5.73 Å². The van der Waals surface area contributed by atoms with Crippen LogP contribution in [-0.4, -0.2) is 9.55 Å². The minimum absolute atomic E-state index is 0.482. The number of nitrogens with zero attached hydrogens (tertiary/aromatic N) is 2. The van der Waals surface area contributed by atoms with Gasteiger partial charge in [0, 0.05) is 10.5 Å². The SMILES string of the molecule is CC1CCC(n2c(N)nc3ccc(Br)cc32)C(C)C1. The van der Waals surface area contributed by atoms with Crippen LogP contribution in [0.3, 0.4) is 0 Å². The summed E-state index contributed by atoms with van der Waals surface area (Å²) in [6, 6.07) is 6.66. The molecule has 2 aromatic rings. The van der Waals surface area contributed by atoms with E-state index >= 15 is 0 Å². The molecule has 2 N–H and O–H groups in total. The van der Waals surface area contributed by atoms with Gasteiger partial charge in [-0.15, -0.1) is 0 Å². The van der Waals surface area contributed by atoms with Gasteiger partial charge < -0.3 is 10.3 Å². The number of anilines is 1. The van der Waals surface area contributed by atoms with Crippen LogP contribution >= 0.6 is 15.9 Å². The van der Waals surface area contributed by atoms with Crippen LogP contribution in [-0.2, 0) is 0 Å². The van der Waals surface area contributed by atoms with E-state index in [1.165, 1.54) is 19.3 Å². The third-order valence-electron chi connectivity index (χ3n) is 4.40. The van der Waals surface area contributed by atoms with Gasteiger partial charge in [0.15, 0.2) is 0 Å². The van der Waals surface area contributed by atoms with Crippen molar-refractivity contribution < 1.29 is 0 Å². The van der Waals surface area contributed by atoms with Crippen LogP contribution in [0.1, 0.15) is 39.2 Å². The number of imidazole rings is 1. The number of hydrogen-bond donors (Lipinski definition) is 1. The maximum absolute atomic E-state index is 6.17. The highest BCUT2D eigenvalue weighted by Crippen LogP contribution is 2.40. The van der Waals surface area contributed by atoms with Gasteiger partial charge in [-0.25, -0.2) is 4.98 Å². The Kier molecular flexibility index (Phi) is 3.29. The molecule has 0 aliphatic heterocycles. The molecule has 3 rings (SSSR count). The van der Waals surface area contributed by atoms with Crippen LogP contribution < -0.4 is 5.73 Å². The van der Waals surface area contributed by atoms with Gasteiger partial charge in [-0.2, -0.15) is 0 Å². The van der Waals surface area contributed by atoms with E-state index in [0.29, 0.717) is 17.9 Å². The average molecular weight is 322 g/mol. The lowest BCUT2D eigenvalue weighted by Gasteiger charge is -2.34. The lowest BCUT2D eigenvalue weighted by Crippen LogP contribution is -2.25. The van der Waals surface area contributed by atoms with Crippen molar-refractivity contribution in [2.75, 3.05) is 5.73 Å². The first-order valence-electron chi connectivity index (χ1n) is 6.99. The zero-order valence-electron chi connectivity index (χ0n) is 11.4. The highest BCUT2D eigenvalue weighted by molar-refractivity contribution is 9.10. The summed E-state index contributed by atoms with van der Waals surface area (Å²) in [5, 5.41) is 0. The quantitative estimate of drug-likeness (QED) is 0.847. The molecule has 1 saturated carbocycles. The zero-order valence-corrected chi connectivity index (χ0v) is 13.0. The van der Waals surface area contributed by atoms with Crippen LogP contribution in [0.4, 0.5) is 5.95 Å². The van der Waals surface area contributed by atoms with Crippen molar-refractivity contribution in [3.8, 4) is 0 Å². The summed E-state index contributed by atoms with van der Waals surface area (Å²) in [4.78, 5) is 4.50. The summed E-state index contributed by atoms with van der Waals surface area (Å²) < 4.78 is 3.33. The molecule has 1 aromatic carbocycles. The second-order valence-corrected chi connectivity index (χ2v) is 6.85. The van der Waals surface area contributed by atoms with E-state index in [2.05, 4.69) is 45.4 Å². The van der Waals surface area contributed by atoms with Gasteiger partial charge >= 0.3 is 0 Å². The highest BCUT2D eigenvalue weighted by atomic mass is 79.9. The lowest BCUT2D eigenvalue weighted by atomic mass is 9.79. The van der Waals surface area contributed by atoms with Gasteiger partial charge in [0.05, 0.1) is 11.0 Å². The van der Waals surface area contributed by atoms with Gasteiger partial charge in [-0.3, -0.25) is 0 Å². The molecule has 1 fully saturated rings. The summed E-state index contributed by atoms with van der Waals surface area (Å²) >= 11 is 3.54. The molecule has 0 radical (unpaired) electrons. The van der Waals surface area contributed by atoms with E-state index in [1.807, 2.05) is 12.1 Å².